The third kappa shape index (κ3) is 3.29. The Bertz CT molecular complexity index is 1090. The first-order valence-electron chi connectivity index (χ1n) is 9.27. The van der Waals surface area contributed by atoms with Gasteiger partial charge in [0, 0.05) is 49.2 Å². The molecule has 0 aliphatic heterocycles. The van der Waals surface area contributed by atoms with Crippen LogP contribution in [0.1, 0.15) is 18.4 Å². The quantitative estimate of drug-likeness (QED) is 0.543. The fraction of sp³-hybridized carbons (Fsp3) is 0.238. The van der Waals surface area contributed by atoms with Gasteiger partial charge >= 0.3 is 0 Å². The molecule has 5 rings (SSSR count). The van der Waals surface area contributed by atoms with Crippen LogP contribution in [0.5, 0.6) is 5.88 Å². The first-order valence-corrected chi connectivity index (χ1v) is 10.1. The number of ether oxygens (including phenoxy) is 1. The number of anilines is 1. The SMILES string of the molecule is Cc1cnccc1-c1nccnc1OC1CC(Nc2nc3ccccc3s2)C1. The van der Waals surface area contributed by atoms with Crippen LogP contribution in [-0.4, -0.2) is 32.1 Å². The molecule has 1 fully saturated rings. The number of aromatic nitrogens is 4. The topological polar surface area (TPSA) is 72.8 Å². The van der Waals surface area contributed by atoms with Crippen LogP contribution < -0.4 is 10.1 Å². The molecule has 0 spiro atoms. The molecule has 140 valence electrons. The van der Waals surface area contributed by atoms with Crippen LogP contribution in [0.25, 0.3) is 21.5 Å². The van der Waals surface area contributed by atoms with Crippen molar-refractivity contribution in [3.05, 3.63) is 60.7 Å². The average Bonchev–Trinajstić information content (AvgIpc) is 3.10. The summed E-state index contributed by atoms with van der Waals surface area (Å²) >= 11 is 1.69. The van der Waals surface area contributed by atoms with Crippen LogP contribution in [0.4, 0.5) is 5.13 Å². The summed E-state index contributed by atoms with van der Waals surface area (Å²) in [6.45, 7) is 2.02. The van der Waals surface area contributed by atoms with E-state index in [0.717, 1.165) is 40.3 Å². The molecule has 28 heavy (non-hydrogen) atoms. The van der Waals surface area contributed by atoms with E-state index in [-0.39, 0.29) is 6.10 Å². The Morgan fingerprint density at radius 1 is 1.07 bits per heavy atom. The van der Waals surface area contributed by atoms with Gasteiger partial charge in [0.2, 0.25) is 5.88 Å². The van der Waals surface area contributed by atoms with Crippen LogP contribution in [0.15, 0.2) is 55.1 Å². The molecule has 7 heteroatoms. The molecule has 3 heterocycles. The maximum Gasteiger partial charge on any atom is 0.240 e. The zero-order valence-corrected chi connectivity index (χ0v) is 16.2. The number of nitrogens with one attached hydrogen (secondary N) is 1. The highest BCUT2D eigenvalue weighted by Gasteiger charge is 2.32. The number of fused-ring (bicyclic) bond motifs is 1. The highest BCUT2D eigenvalue weighted by Crippen LogP contribution is 2.34. The third-order valence-electron chi connectivity index (χ3n) is 4.93. The van der Waals surface area contributed by atoms with Gasteiger partial charge in [0.05, 0.1) is 10.2 Å². The van der Waals surface area contributed by atoms with Gasteiger partial charge < -0.3 is 10.1 Å². The molecular formula is C21H19N5OS. The first kappa shape index (κ1) is 17.1. The number of para-hydroxylation sites is 1. The van der Waals surface area contributed by atoms with E-state index in [4.69, 9.17) is 4.74 Å². The van der Waals surface area contributed by atoms with Crippen molar-refractivity contribution in [2.45, 2.75) is 31.9 Å². The van der Waals surface area contributed by atoms with Crippen molar-refractivity contribution in [1.82, 2.24) is 19.9 Å². The van der Waals surface area contributed by atoms with Crippen LogP contribution >= 0.6 is 11.3 Å². The number of hydrogen-bond donors (Lipinski definition) is 1. The summed E-state index contributed by atoms with van der Waals surface area (Å²) in [6, 6.07) is 10.5. The summed E-state index contributed by atoms with van der Waals surface area (Å²) in [7, 11) is 0. The normalized spacial score (nSPS) is 18.6. The molecule has 1 N–H and O–H groups in total. The minimum atomic E-state index is 0.129. The molecule has 0 unspecified atom stereocenters. The van der Waals surface area contributed by atoms with Gasteiger partial charge in [-0.25, -0.2) is 15.0 Å². The number of benzene rings is 1. The van der Waals surface area contributed by atoms with E-state index in [1.165, 1.54) is 4.70 Å². The highest BCUT2D eigenvalue weighted by molar-refractivity contribution is 7.22. The second kappa shape index (κ2) is 7.16. The van der Waals surface area contributed by atoms with Crippen molar-refractivity contribution in [2.75, 3.05) is 5.32 Å². The molecule has 3 aromatic heterocycles. The van der Waals surface area contributed by atoms with E-state index in [9.17, 15) is 0 Å². The van der Waals surface area contributed by atoms with Gasteiger partial charge in [0.15, 0.2) is 5.13 Å². The van der Waals surface area contributed by atoms with Gasteiger partial charge in [-0.1, -0.05) is 23.5 Å². The van der Waals surface area contributed by atoms with Crippen molar-refractivity contribution < 1.29 is 4.74 Å². The van der Waals surface area contributed by atoms with Crippen LogP contribution in [0.2, 0.25) is 0 Å². The summed E-state index contributed by atoms with van der Waals surface area (Å²) in [5, 5.41) is 4.49. The van der Waals surface area contributed by atoms with Crippen LogP contribution in [-0.2, 0) is 0 Å². The van der Waals surface area contributed by atoms with E-state index >= 15 is 0 Å². The van der Waals surface area contributed by atoms with Crippen molar-refractivity contribution in [2.24, 2.45) is 0 Å². The number of rotatable bonds is 5. The summed E-state index contributed by atoms with van der Waals surface area (Å²) < 4.78 is 7.37. The molecule has 0 atom stereocenters. The first-order chi connectivity index (χ1) is 13.8. The molecule has 0 bridgehead atoms. The smallest absolute Gasteiger partial charge is 0.240 e. The molecule has 1 saturated carbocycles. The number of pyridine rings is 1. The predicted molar refractivity (Wildman–Crippen MR) is 111 cm³/mol. The second-order valence-corrected chi connectivity index (χ2v) is 7.97. The summed E-state index contributed by atoms with van der Waals surface area (Å²) in [5.74, 6) is 0.584. The van der Waals surface area contributed by atoms with E-state index in [0.29, 0.717) is 11.9 Å². The van der Waals surface area contributed by atoms with Gasteiger partial charge in [0.1, 0.15) is 11.8 Å². The number of nitrogens with zero attached hydrogens (tertiary/aromatic N) is 4. The number of aryl methyl sites for hydroxylation is 1. The van der Waals surface area contributed by atoms with Gasteiger partial charge in [-0.15, -0.1) is 0 Å². The maximum absolute atomic E-state index is 6.17. The molecule has 6 nitrogen and oxygen atoms in total. The van der Waals surface area contributed by atoms with Crippen LogP contribution in [0.3, 0.4) is 0 Å². The Morgan fingerprint density at radius 3 is 2.79 bits per heavy atom. The van der Waals surface area contributed by atoms with Crippen molar-refractivity contribution in [1.29, 1.82) is 0 Å². The zero-order chi connectivity index (χ0) is 18.9. The molecule has 0 amide bonds. The Hall–Kier alpha value is -3.06. The molecule has 0 radical (unpaired) electrons. The fourth-order valence-electron chi connectivity index (χ4n) is 3.38. The zero-order valence-electron chi connectivity index (χ0n) is 15.4. The van der Waals surface area contributed by atoms with Crippen molar-refractivity contribution in [3.8, 4) is 17.1 Å². The predicted octanol–water partition coefficient (Wildman–Crippen LogP) is 4.48. The lowest BCUT2D eigenvalue weighted by atomic mass is 9.89. The Balaban J connectivity index is 1.25. The average molecular weight is 389 g/mol. The fourth-order valence-corrected chi connectivity index (χ4v) is 4.32. The molecule has 1 aromatic carbocycles. The molecular weight excluding hydrogens is 370 g/mol. The lowest BCUT2D eigenvalue weighted by Gasteiger charge is -2.35. The maximum atomic E-state index is 6.17. The lowest BCUT2D eigenvalue weighted by Crippen LogP contribution is -2.42. The third-order valence-corrected chi connectivity index (χ3v) is 5.90. The number of hydrogen-bond acceptors (Lipinski definition) is 7. The van der Waals surface area contributed by atoms with E-state index < -0.39 is 0 Å². The van der Waals surface area contributed by atoms with Crippen molar-refractivity contribution in [3.63, 3.8) is 0 Å². The van der Waals surface area contributed by atoms with Gasteiger partial charge in [-0.3, -0.25) is 4.98 Å². The molecule has 1 aliphatic carbocycles. The Morgan fingerprint density at radius 2 is 1.93 bits per heavy atom. The number of thiazole rings is 1. The Kier molecular flexibility index (Phi) is 4.37. The molecule has 1 aliphatic rings. The molecule has 0 saturated heterocycles. The largest absolute Gasteiger partial charge is 0.473 e. The van der Waals surface area contributed by atoms with Gasteiger partial charge in [-0.05, 0) is 30.7 Å². The van der Waals surface area contributed by atoms with E-state index in [2.05, 4.69) is 31.3 Å². The standard InChI is InChI=1S/C21H19N5OS/c1-13-12-22-7-6-16(13)19-20(24-9-8-23-19)27-15-10-14(11-15)25-21-26-17-4-2-3-5-18(17)28-21/h2-9,12,14-15H,10-11H2,1H3,(H,25,26). The van der Waals surface area contributed by atoms with Gasteiger partial charge in [0.25, 0.3) is 0 Å². The summed E-state index contributed by atoms with van der Waals surface area (Å²) in [5.41, 5.74) is 3.86. The Labute approximate surface area is 166 Å². The molecule has 4 aromatic rings. The minimum absolute atomic E-state index is 0.129. The van der Waals surface area contributed by atoms with Crippen molar-refractivity contribution >= 4 is 26.7 Å². The summed E-state index contributed by atoms with van der Waals surface area (Å²) in [6.07, 6.45) is 8.93. The van der Waals surface area contributed by atoms with E-state index in [1.54, 1.807) is 29.9 Å². The van der Waals surface area contributed by atoms with Gasteiger partial charge in [-0.2, -0.15) is 0 Å². The summed E-state index contributed by atoms with van der Waals surface area (Å²) in [4.78, 5) is 17.7. The second-order valence-electron chi connectivity index (χ2n) is 6.94. The van der Waals surface area contributed by atoms with E-state index in [1.807, 2.05) is 37.4 Å². The minimum Gasteiger partial charge on any atom is -0.473 e. The lowest BCUT2D eigenvalue weighted by molar-refractivity contribution is 0.103. The van der Waals surface area contributed by atoms with Crippen LogP contribution in [0, 0.1) is 6.92 Å². The highest BCUT2D eigenvalue weighted by atomic mass is 32.1. The monoisotopic (exact) mass is 389 g/mol.